The molecule has 0 amide bonds. The van der Waals surface area contributed by atoms with Crippen molar-refractivity contribution in [2.75, 3.05) is 24.2 Å². The molecule has 0 bridgehead atoms. The van der Waals surface area contributed by atoms with Crippen molar-refractivity contribution in [2.45, 2.75) is 19.9 Å². The van der Waals surface area contributed by atoms with E-state index in [0.29, 0.717) is 16.7 Å². The lowest BCUT2D eigenvalue weighted by atomic mass is 10.1. The normalized spacial score (nSPS) is 10.7. The summed E-state index contributed by atoms with van der Waals surface area (Å²) in [7, 11) is 1.50. The van der Waals surface area contributed by atoms with E-state index in [1.54, 1.807) is 36.4 Å². The summed E-state index contributed by atoms with van der Waals surface area (Å²) < 4.78 is 0. The molecule has 2 rings (SSSR count). The molecule has 0 aliphatic rings. The zero-order valence-electron chi connectivity index (χ0n) is 20.7. The molecule has 12 heteroatoms. The van der Waals surface area contributed by atoms with E-state index < -0.39 is 23.3 Å². The number of aromatic nitrogens is 2. The monoisotopic (exact) mass is 508 g/mol. The number of hydrogen-bond acceptors (Lipinski definition) is 9. The summed E-state index contributed by atoms with van der Waals surface area (Å²) in [5.41, 5.74) is 11.6. The van der Waals surface area contributed by atoms with Crippen molar-refractivity contribution in [2.24, 2.45) is 11.5 Å². The number of nitrogen functional groups attached to an aromatic ring is 1. The van der Waals surface area contributed by atoms with E-state index in [-0.39, 0.29) is 30.6 Å². The second-order valence-electron chi connectivity index (χ2n) is 7.29. The number of carboxylic acid groups (broad SMARTS) is 2. The third-order valence-electron chi connectivity index (χ3n) is 4.63. The number of nitrogens with one attached hydrogen (secondary N) is 4. The van der Waals surface area contributed by atoms with Gasteiger partial charge in [0.25, 0.3) is 0 Å². The second kappa shape index (κ2) is 15.2. The minimum absolute atomic E-state index is 0.0801. The number of amidine groups is 1. The van der Waals surface area contributed by atoms with Gasteiger partial charge >= 0.3 is 11.9 Å². The Bertz CT molecular complexity index is 1200. The first-order valence-electron chi connectivity index (χ1n) is 11.1. The van der Waals surface area contributed by atoms with Crippen molar-refractivity contribution in [1.29, 1.82) is 10.8 Å². The van der Waals surface area contributed by atoms with Gasteiger partial charge < -0.3 is 37.7 Å². The van der Waals surface area contributed by atoms with E-state index in [9.17, 15) is 19.8 Å². The van der Waals surface area contributed by atoms with Gasteiger partial charge in [0, 0.05) is 24.9 Å². The lowest BCUT2D eigenvalue weighted by Crippen LogP contribution is -2.18. The molecule has 0 spiro atoms. The fraction of sp³-hybridized carbons (Fsp3) is 0.200. The summed E-state index contributed by atoms with van der Waals surface area (Å²) in [6.45, 7) is 6.04. The highest BCUT2D eigenvalue weighted by Crippen LogP contribution is 2.20. The van der Waals surface area contributed by atoms with Crippen LogP contribution in [-0.2, 0) is 6.54 Å². The minimum Gasteiger partial charge on any atom is -0.476 e. The summed E-state index contributed by atoms with van der Waals surface area (Å²) in [5.74, 6) is -3.26. The standard InChI is InChI=1S/C24H27N7O4.CH5N/c1-3-4-15(11-25)6-5-14(2)12-28-21-18(23(32)33)31-22(19(30-21)24(34)35)29-13-16-7-9-17(10-8-16)20(26)27;1-2/h4-11,25H,2-3,12-13H2,1H3,(H3,26,27)(H,28,30)(H,29,31)(H,32,33)(H,34,35);2H2,1H3/b6-5-,15-4+,25-11?;. The summed E-state index contributed by atoms with van der Waals surface area (Å²) in [6.07, 6.45) is 7.19. The van der Waals surface area contributed by atoms with Crippen LogP contribution in [0.4, 0.5) is 11.6 Å². The molecule has 1 aromatic heterocycles. The van der Waals surface area contributed by atoms with Crippen LogP contribution < -0.4 is 22.1 Å². The topological polar surface area (TPSA) is 224 Å². The maximum absolute atomic E-state index is 11.8. The molecule has 0 saturated heterocycles. The number of allylic oxidation sites excluding steroid dienone is 3. The van der Waals surface area contributed by atoms with E-state index in [2.05, 4.69) is 32.9 Å². The third-order valence-corrected chi connectivity index (χ3v) is 4.63. The molecule has 2 aromatic rings. The zero-order chi connectivity index (χ0) is 28.0. The highest BCUT2D eigenvalue weighted by molar-refractivity contribution is 5.96. The summed E-state index contributed by atoms with van der Waals surface area (Å²) in [4.78, 5) is 31.5. The number of aromatic carboxylic acids is 2. The van der Waals surface area contributed by atoms with Crippen LogP contribution in [0.1, 0.15) is 45.4 Å². The minimum atomic E-state index is -1.39. The molecule has 0 aliphatic heterocycles. The highest BCUT2D eigenvalue weighted by atomic mass is 16.4. The number of rotatable bonds is 13. The number of nitrogens with two attached hydrogens (primary N) is 2. The molecule has 1 aromatic carbocycles. The van der Waals surface area contributed by atoms with Gasteiger partial charge in [-0.3, -0.25) is 5.41 Å². The number of benzene rings is 1. The molecule has 0 fully saturated rings. The Morgan fingerprint density at radius 3 is 2.03 bits per heavy atom. The Morgan fingerprint density at radius 1 is 1.03 bits per heavy atom. The van der Waals surface area contributed by atoms with Crippen molar-refractivity contribution in [3.63, 3.8) is 0 Å². The maximum atomic E-state index is 11.8. The predicted octanol–water partition coefficient (Wildman–Crippen LogP) is 2.85. The average molecular weight is 509 g/mol. The van der Waals surface area contributed by atoms with Gasteiger partial charge in [0.05, 0.1) is 0 Å². The number of carboxylic acids is 2. The molecule has 10 N–H and O–H groups in total. The van der Waals surface area contributed by atoms with Crippen LogP contribution in [0, 0.1) is 10.8 Å². The van der Waals surface area contributed by atoms with Crippen LogP contribution in [0.25, 0.3) is 0 Å². The number of anilines is 2. The van der Waals surface area contributed by atoms with Crippen LogP contribution in [0.5, 0.6) is 0 Å². The highest BCUT2D eigenvalue weighted by Gasteiger charge is 2.22. The molecular weight excluding hydrogens is 476 g/mol. The quantitative estimate of drug-likeness (QED) is 0.112. The van der Waals surface area contributed by atoms with Crippen LogP contribution in [0.3, 0.4) is 0 Å². The van der Waals surface area contributed by atoms with Crippen molar-refractivity contribution in [3.8, 4) is 0 Å². The van der Waals surface area contributed by atoms with Crippen molar-refractivity contribution in [1.82, 2.24) is 9.97 Å². The molecule has 0 unspecified atom stereocenters. The van der Waals surface area contributed by atoms with Crippen molar-refractivity contribution in [3.05, 3.63) is 82.7 Å². The van der Waals surface area contributed by atoms with Gasteiger partial charge in [0.15, 0.2) is 23.0 Å². The molecular formula is C25H32N8O4. The summed E-state index contributed by atoms with van der Waals surface area (Å²) >= 11 is 0. The Morgan fingerprint density at radius 2 is 1.57 bits per heavy atom. The van der Waals surface area contributed by atoms with Gasteiger partial charge in [-0.1, -0.05) is 56.0 Å². The van der Waals surface area contributed by atoms with Gasteiger partial charge in [-0.15, -0.1) is 0 Å². The van der Waals surface area contributed by atoms with Crippen LogP contribution >= 0.6 is 0 Å². The predicted molar refractivity (Wildman–Crippen MR) is 145 cm³/mol. The van der Waals surface area contributed by atoms with E-state index >= 15 is 0 Å². The molecule has 0 atom stereocenters. The number of nitrogens with zero attached hydrogens (tertiary/aromatic N) is 2. The molecule has 0 saturated carbocycles. The Balaban J connectivity index is 0.00000334. The third kappa shape index (κ3) is 9.38. The Labute approximate surface area is 214 Å². The van der Waals surface area contributed by atoms with Crippen LogP contribution in [0.2, 0.25) is 0 Å². The molecule has 196 valence electrons. The van der Waals surface area contributed by atoms with Gasteiger partial charge in [-0.05, 0) is 30.2 Å². The first kappa shape index (κ1) is 30.2. The molecule has 0 aliphatic carbocycles. The van der Waals surface area contributed by atoms with Gasteiger partial charge in [0.2, 0.25) is 0 Å². The fourth-order valence-electron chi connectivity index (χ4n) is 2.85. The number of hydrogen-bond donors (Lipinski definition) is 8. The lowest BCUT2D eigenvalue weighted by molar-refractivity contribution is 0.0673. The Hall–Kier alpha value is -4.84. The van der Waals surface area contributed by atoms with E-state index in [1.807, 2.05) is 13.0 Å². The zero-order valence-corrected chi connectivity index (χ0v) is 20.7. The first-order valence-corrected chi connectivity index (χ1v) is 11.1. The van der Waals surface area contributed by atoms with Crippen LogP contribution in [0.15, 0.2) is 60.2 Å². The fourth-order valence-corrected chi connectivity index (χ4v) is 2.85. The van der Waals surface area contributed by atoms with Gasteiger partial charge in [0.1, 0.15) is 5.84 Å². The first-order chi connectivity index (χ1) is 17.7. The second-order valence-corrected chi connectivity index (χ2v) is 7.29. The molecule has 0 radical (unpaired) electrons. The smallest absolute Gasteiger partial charge is 0.358 e. The summed E-state index contributed by atoms with van der Waals surface area (Å²) in [6, 6.07) is 6.68. The molecule has 1 heterocycles. The van der Waals surface area contributed by atoms with Gasteiger partial charge in [-0.2, -0.15) is 0 Å². The molecule has 37 heavy (non-hydrogen) atoms. The van der Waals surface area contributed by atoms with E-state index in [1.165, 1.54) is 13.3 Å². The Kier molecular flexibility index (Phi) is 12.4. The SMILES string of the molecule is C=C(/C=C\C(C=N)=C/CC)CNc1nc(C(=O)O)c(NCc2ccc(C(=N)N)cc2)nc1C(=O)O.CN. The molecule has 12 nitrogen and oxygen atoms in total. The number of carbonyl (C=O) groups is 2. The van der Waals surface area contributed by atoms with Crippen LogP contribution in [-0.4, -0.2) is 57.8 Å². The van der Waals surface area contributed by atoms with Crippen molar-refractivity contribution >= 4 is 35.6 Å². The maximum Gasteiger partial charge on any atom is 0.358 e. The van der Waals surface area contributed by atoms with Gasteiger partial charge in [-0.25, -0.2) is 19.6 Å². The van der Waals surface area contributed by atoms with E-state index in [0.717, 1.165) is 12.0 Å². The summed E-state index contributed by atoms with van der Waals surface area (Å²) in [5, 5.41) is 39.6. The van der Waals surface area contributed by atoms with E-state index in [4.69, 9.17) is 16.6 Å². The lowest BCUT2D eigenvalue weighted by Gasteiger charge is -2.13. The average Bonchev–Trinajstić information content (AvgIpc) is 2.89. The largest absolute Gasteiger partial charge is 0.476 e. The van der Waals surface area contributed by atoms with Crippen molar-refractivity contribution < 1.29 is 19.8 Å².